The molecule has 0 heterocycles. The summed E-state index contributed by atoms with van der Waals surface area (Å²) in [5, 5.41) is 0. The molecule has 1 rings (SSSR count). The molecule has 21 heavy (non-hydrogen) atoms. The Bertz CT molecular complexity index is 542. The second-order valence-corrected chi connectivity index (χ2v) is 5.89. The molecule has 112 valence electrons. The molecule has 0 radical (unpaired) electrons. The summed E-state index contributed by atoms with van der Waals surface area (Å²) in [7, 11) is -4.64. The molecule has 0 atom stereocenters. The van der Waals surface area contributed by atoms with Crippen LogP contribution in [0.5, 0.6) is 5.75 Å². The van der Waals surface area contributed by atoms with Crippen molar-refractivity contribution < 1.29 is 73.9 Å². The van der Waals surface area contributed by atoms with E-state index < -0.39 is 21.0 Å². The third kappa shape index (κ3) is 8.44. The number of esters is 1. The van der Waals surface area contributed by atoms with Gasteiger partial charge >= 0.3 is 57.4 Å². The minimum absolute atomic E-state index is 0. The Labute approximate surface area is 168 Å². The first kappa shape index (κ1) is 21.2. The summed E-state index contributed by atoms with van der Waals surface area (Å²) in [6, 6.07) is 5.36. The molecule has 0 fully saturated rings. The molecule has 0 aliphatic carbocycles. The van der Waals surface area contributed by atoms with Crippen molar-refractivity contribution in [3.8, 4) is 5.75 Å². The van der Waals surface area contributed by atoms with E-state index in [0.29, 0.717) is 6.42 Å². The first-order valence-electron chi connectivity index (χ1n) is 6.70. The van der Waals surface area contributed by atoms with Crippen LogP contribution in [0.15, 0.2) is 29.2 Å². The van der Waals surface area contributed by atoms with Gasteiger partial charge in [0.1, 0.15) is 15.9 Å². The molecule has 0 spiro atoms. The van der Waals surface area contributed by atoms with Crippen LogP contribution in [0.3, 0.4) is 0 Å². The molecule has 0 N–H and O–H groups in total. The molecule has 0 saturated carbocycles. The normalized spacial score (nSPS) is 10.8. The van der Waals surface area contributed by atoms with Gasteiger partial charge in [-0.25, -0.2) is 8.42 Å². The maximum Gasteiger partial charge on any atom is 1.00 e. The molecule has 0 aliphatic heterocycles. The number of para-hydroxylation sites is 1. The van der Waals surface area contributed by atoms with Crippen molar-refractivity contribution in [1.29, 1.82) is 0 Å². The number of carbonyl (C=O) groups excluding carboxylic acids is 1. The van der Waals surface area contributed by atoms with E-state index >= 15 is 0 Å². The Morgan fingerprint density at radius 1 is 1.14 bits per heavy atom. The first-order valence-corrected chi connectivity index (χ1v) is 8.11. The zero-order valence-corrected chi connectivity index (χ0v) is 16.4. The van der Waals surface area contributed by atoms with Crippen LogP contribution >= 0.6 is 0 Å². The molecular weight excluding hydrogens is 319 g/mol. The maximum absolute atomic E-state index is 11.6. The predicted octanol–water partition coefficient (Wildman–Crippen LogP) is -0.139. The SMILES string of the molecule is CCCCCCCC(=O)Oc1ccccc1S(=O)(=O)[O-].[K+]. The van der Waals surface area contributed by atoms with Gasteiger partial charge in [-0.15, -0.1) is 0 Å². The number of unbranched alkanes of at least 4 members (excludes halogenated alkanes) is 4. The summed E-state index contributed by atoms with van der Waals surface area (Å²) in [6.07, 6.45) is 5.17. The fraction of sp³-hybridized carbons (Fsp3) is 0.500. The number of benzene rings is 1. The van der Waals surface area contributed by atoms with Crippen LogP contribution < -0.4 is 56.1 Å². The van der Waals surface area contributed by atoms with E-state index in [0.717, 1.165) is 31.7 Å². The minimum Gasteiger partial charge on any atom is -0.744 e. The fourth-order valence-electron chi connectivity index (χ4n) is 1.79. The third-order valence-corrected chi connectivity index (χ3v) is 3.70. The third-order valence-electron chi connectivity index (χ3n) is 2.83. The van der Waals surface area contributed by atoms with E-state index in [4.69, 9.17) is 4.74 Å². The first-order chi connectivity index (χ1) is 9.45. The molecule has 1 aromatic carbocycles. The van der Waals surface area contributed by atoms with Crippen LogP contribution in [-0.2, 0) is 14.9 Å². The Hall–Kier alpha value is 0.236. The maximum atomic E-state index is 11.6. The molecule has 0 aromatic heterocycles. The van der Waals surface area contributed by atoms with E-state index in [-0.39, 0.29) is 63.6 Å². The van der Waals surface area contributed by atoms with Gasteiger partial charge in [0.2, 0.25) is 0 Å². The summed E-state index contributed by atoms with van der Waals surface area (Å²) in [4.78, 5) is 11.1. The van der Waals surface area contributed by atoms with Crippen molar-refractivity contribution in [3.63, 3.8) is 0 Å². The Morgan fingerprint density at radius 3 is 2.38 bits per heavy atom. The second kappa shape index (κ2) is 10.9. The van der Waals surface area contributed by atoms with Crippen LogP contribution in [0.4, 0.5) is 0 Å². The monoisotopic (exact) mass is 338 g/mol. The van der Waals surface area contributed by atoms with Gasteiger partial charge in [-0.2, -0.15) is 0 Å². The number of rotatable bonds is 8. The van der Waals surface area contributed by atoms with E-state index in [1.54, 1.807) is 0 Å². The predicted molar refractivity (Wildman–Crippen MR) is 73.4 cm³/mol. The molecule has 7 heteroatoms. The average Bonchev–Trinajstić information content (AvgIpc) is 2.38. The van der Waals surface area contributed by atoms with Gasteiger partial charge in [-0.1, -0.05) is 44.7 Å². The van der Waals surface area contributed by atoms with Crippen molar-refractivity contribution in [2.45, 2.75) is 50.3 Å². The van der Waals surface area contributed by atoms with Gasteiger partial charge in [0.15, 0.2) is 0 Å². The van der Waals surface area contributed by atoms with Crippen molar-refractivity contribution in [1.82, 2.24) is 0 Å². The van der Waals surface area contributed by atoms with Gasteiger partial charge in [-0.05, 0) is 18.6 Å². The van der Waals surface area contributed by atoms with Crippen molar-refractivity contribution in [2.75, 3.05) is 0 Å². The van der Waals surface area contributed by atoms with Crippen LogP contribution in [0.1, 0.15) is 45.4 Å². The largest absolute Gasteiger partial charge is 1.00 e. The number of hydrogen-bond acceptors (Lipinski definition) is 5. The van der Waals surface area contributed by atoms with Gasteiger partial charge < -0.3 is 9.29 Å². The van der Waals surface area contributed by atoms with Gasteiger partial charge in [0.05, 0.1) is 4.90 Å². The van der Waals surface area contributed by atoms with E-state index in [9.17, 15) is 17.8 Å². The van der Waals surface area contributed by atoms with E-state index in [2.05, 4.69) is 6.92 Å². The topological polar surface area (TPSA) is 83.5 Å². The van der Waals surface area contributed by atoms with Crippen molar-refractivity contribution >= 4 is 16.1 Å². The number of ether oxygens (including phenoxy) is 1. The summed E-state index contributed by atoms with van der Waals surface area (Å²) in [5.74, 6) is -0.710. The van der Waals surface area contributed by atoms with Crippen LogP contribution in [0.2, 0.25) is 0 Å². The Balaban J connectivity index is 0.00000400. The molecule has 0 aliphatic rings. The van der Waals surface area contributed by atoms with Crippen molar-refractivity contribution in [2.24, 2.45) is 0 Å². The van der Waals surface area contributed by atoms with Crippen LogP contribution in [0.25, 0.3) is 0 Å². The van der Waals surface area contributed by atoms with Gasteiger partial charge in [0.25, 0.3) is 0 Å². The number of carbonyl (C=O) groups is 1. The zero-order valence-electron chi connectivity index (χ0n) is 12.5. The van der Waals surface area contributed by atoms with Gasteiger partial charge in [-0.3, -0.25) is 4.79 Å². The molecule has 0 saturated heterocycles. The molecule has 0 unspecified atom stereocenters. The van der Waals surface area contributed by atoms with Crippen molar-refractivity contribution in [3.05, 3.63) is 24.3 Å². The molecule has 1 aromatic rings. The minimum atomic E-state index is -4.64. The van der Waals surface area contributed by atoms with Gasteiger partial charge in [0, 0.05) is 6.42 Å². The summed E-state index contributed by atoms with van der Waals surface area (Å²) in [5.41, 5.74) is 0. The quantitative estimate of drug-likeness (QED) is 0.217. The molecular formula is C14H19KO5S. The smallest absolute Gasteiger partial charge is 0.744 e. The summed E-state index contributed by atoms with van der Waals surface area (Å²) in [6.45, 7) is 2.11. The molecule has 0 bridgehead atoms. The standard InChI is InChI=1S/C14H20O5S.K/c1-2-3-4-5-6-11-14(15)19-12-9-7-8-10-13(12)20(16,17)18;/h7-10H,2-6,11H2,1H3,(H,16,17,18);/q;+1/p-1. The van der Waals surface area contributed by atoms with Crippen LogP contribution in [-0.4, -0.2) is 18.9 Å². The Kier molecular flexibility index (Phi) is 11.0. The summed E-state index contributed by atoms with van der Waals surface area (Å²) >= 11 is 0. The second-order valence-electron chi connectivity index (χ2n) is 4.54. The molecule has 0 amide bonds. The fourth-order valence-corrected chi connectivity index (χ4v) is 2.39. The zero-order chi connectivity index (χ0) is 15.0. The van der Waals surface area contributed by atoms with E-state index in [1.165, 1.54) is 18.2 Å². The summed E-state index contributed by atoms with van der Waals surface area (Å²) < 4.78 is 38.0. The average molecular weight is 338 g/mol. The molecule has 5 nitrogen and oxygen atoms in total. The van der Waals surface area contributed by atoms with Crippen LogP contribution in [0, 0.1) is 0 Å². The van der Waals surface area contributed by atoms with E-state index in [1.807, 2.05) is 0 Å². The Morgan fingerprint density at radius 2 is 1.76 bits per heavy atom. The number of hydrogen-bond donors (Lipinski definition) is 0.